The number of nitrogens with zero attached hydrogens (tertiary/aromatic N) is 2. The quantitative estimate of drug-likeness (QED) is 0.697. The highest BCUT2D eigenvalue weighted by Gasteiger charge is 2.40. The zero-order valence-electron chi connectivity index (χ0n) is 10.6. The third kappa shape index (κ3) is 2.23. The number of carbonyl (C=O) groups is 1. The van der Waals surface area contributed by atoms with Gasteiger partial charge in [0.15, 0.2) is 0 Å². The molecule has 0 saturated carbocycles. The summed E-state index contributed by atoms with van der Waals surface area (Å²) in [5.41, 5.74) is -0.0279. The van der Waals surface area contributed by atoms with Gasteiger partial charge in [-0.2, -0.15) is 0 Å². The van der Waals surface area contributed by atoms with Gasteiger partial charge in [-0.15, -0.1) is 0 Å². The molecule has 0 radical (unpaired) electrons. The van der Waals surface area contributed by atoms with E-state index in [0.29, 0.717) is 5.91 Å². The van der Waals surface area contributed by atoms with Crippen molar-refractivity contribution in [1.82, 2.24) is 15.1 Å². The molecule has 16 heavy (non-hydrogen) atoms. The first-order valence-electron chi connectivity index (χ1n) is 6.26. The van der Waals surface area contributed by atoms with Gasteiger partial charge in [-0.1, -0.05) is 0 Å². The van der Waals surface area contributed by atoms with E-state index in [1.807, 2.05) is 4.90 Å². The Morgan fingerprint density at radius 1 is 1.19 bits per heavy atom. The Morgan fingerprint density at radius 2 is 1.81 bits per heavy atom. The maximum atomic E-state index is 12.3. The highest BCUT2D eigenvalue weighted by molar-refractivity contribution is 5.84. The van der Waals surface area contributed by atoms with Crippen LogP contribution in [0, 0.1) is 0 Å². The minimum atomic E-state index is -0.0279. The number of likely N-dealkylation sites (tertiary alicyclic amines) is 1. The van der Waals surface area contributed by atoms with Crippen molar-refractivity contribution in [3.8, 4) is 0 Å². The van der Waals surface area contributed by atoms with Gasteiger partial charge in [-0.05, 0) is 27.2 Å². The first kappa shape index (κ1) is 11.9. The maximum absolute atomic E-state index is 12.3. The first-order valence-corrected chi connectivity index (χ1v) is 6.26. The average molecular weight is 225 g/mol. The van der Waals surface area contributed by atoms with Gasteiger partial charge in [-0.25, -0.2) is 0 Å². The molecule has 2 aliphatic heterocycles. The van der Waals surface area contributed by atoms with Crippen molar-refractivity contribution in [2.24, 2.45) is 0 Å². The van der Waals surface area contributed by atoms with E-state index in [4.69, 9.17) is 0 Å². The topological polar surface area (TPSA) is 35.6 Å². The zero-order chi connectivity index (χ0) is 11.8. The van der Waals surface area contributed by atoms with Crippen LogP contribution in [0.2, 0.25) is 0 Å². The molecule has 2 aliphatic rings. The molecule has 2 rings (SSSR count). The van der Waals surface area contributed by atoms with Crippen LogP contribution in [0.1, 0.15) is 27.2 Å². The summed E-state index contributed by atoms with van der Waals surface area (Å²) in [5.74, 6) is 0.328. The number of nitrogens with one attached hydrogen (secondary N) is 1. The van der Waals surface area contributed by atoms with Crippen molar-refractivity contribution in [3.63, 3.8) is 0 Å². The SMILES string of the molecule is CC(C)(C)N1CCC(N2CCNCC2)C1=O. The van der Waals surface area contributed by atoms with Crippen LogP contribution < -0.4 is 5.32 Å². The van der Waals surface area contributed by atoms with Crippen LogP contribution in [0.4, 0.5) is 0 Å². The summed E-state index contributed by atoms with van der Waals surface area (Å²) in [4.78, 5) is 16.7. The summed E-state index contributed by atoms with van der Waals surface area (Å²) in [6, 6.07) is 0.140. The molecule has 0 aromatic heterocycles. The van der Waals surface area contributed by atoms with Crippen molar-refractivity contribution in [2.45, 2.75) is 38.8 Å². The van der Waals surface area contributed by atoms with E-state index in [0.717, 1.165) is 39.1 Å². The summed E-state index contributed by atoms with van der Waals surface area (Å²) in [6.45, 7) is 11.3. The smallest absolute Gasteiger partial charge is 0.240 e. The van der Waals surface area contributed by atoms with E-state index < -0.39 is 0 Å². The minimum Gasteiger partial charge on any atom is -0.336 e. The molecule has 4 heteroatoms. The van der Waals surface area contributed by atoms with Gasteiger partial charge in [0.25, 0.3) is 0 Å². The van der Waals surface area contributed by atoms with E-state index >= 15 is 0 Å². The molecule has 2 saturated heterocycles. The lowest BCUT2D eigenvalue weighted by Crippen LogP contribution is -2.52. The molecule has 2 heterocycles. The summed E-state index contributed by atoms with van der Waals surface area (Å²) in [5, 5.41) is 3.33. The molecule has 0 bridgehead atoms. The van der Waals surface area contributed by atoms with E-state index in [9.17, 15) is 4.79 Å². The molecule has 1 N–H and O–H groups in total. The molecule has 0 aliphatic carbocycles. The summed E-state index contributed by atoms with van der Waals surface area (Å²) in [6.07, 6.45) is 0.996. The lowest BCUT2D eigenvalue weighted by atomic mass is 10.1. The predicted molar refractivity (Wildman–Crippen MR) is 64.3 cm³/mol. The van der Waals surface area contributed by atoms with Crippen molar-refractivity contribution in [1.29, 1.82) is 0 Å². The second-order valence-electron chi connectivity index (χ2n) is 5.75. The van der Waals surface area contributed by atoms with Gasteiger partial charge in [-0.3, -0.25) is 9.69 Å². The molecular formula is C12H23N3O. The standard InChI is InChI=1S/C12H23N3O/c1-12(2,3)15-7-4-10(11(15)16)14-8-5-13-6-9-14/h10,13H,4-9H2,1-3H3. The zero-order valence-corrected chi connectivity index (χ0v) is 10.6. The van der Waals surface area contributed by atoms with Gasteiger partial charge in [0.05, 0.1) is 6.04 Å². The van der Waals surface area contributed by atoms with Gasteiger partial charge in [0.2, 0.25) is 5.91 Å². The third-order valence-corrected chi connectivity index (χ3v) is 3.58. The summed E-state index contributed by atoms with van der Waals surface area (Å²) >= 11 is 0. The number of hydrogen-bond donors (Lipinski definition) is 1. The highest BCUT2D eigenvalue weighted by Crippen LogP contribution is 2.25. The lowest BCUT2D eigenvalue weighted by molar-refractivity contribution is -0.136. The summed E-state index contributed by atoms with van der Waals surface area (Å²) < 4.78 is 0. The Balaban J connectivity index is 2.01. The fourth-order valence-corrected chi connectivity index (χ4v) is 2.66. The maximum Gasteiger partial charge on any atom is 0.240 e. The van der Waals surface area contributed by atoms with Crippen molar-refractivity contribution in [2.75, 3.05) is 32.7 Å². The molecular weight excluding hydrogens is 202 g/mol. The van der Waals surface area contributed by atoms with Crippen LogP contribution in [0.3, 0.4) is 0 Å². The number of carbonyl (C=O) groups excluding carboxylic acids is 1. The van der Waals surface area contributed by atoms with E-state index in [-0.39, 0.29) is 11.6 Å². The first-order chi connectivity index (χ1) is 7.50. The van der Waals surface area contributed by atoms with E-state index in [1.54, 1.807) is 0 Å². The van der Waals surface area contributed by atoms with Crippen LogP contribution in [0.15, 0.2) is 0 Å². The van der Waals surface area contributed by atoms with Crippen LogP contribution in [-0.4, -0.2) is 60.0 Å². The second-order valence-corrected chi connectivity index (χ2v) is 5.75. The fraction of sp³-hybridized carbons (Fsp3) is 0.917. The normalized spacial score (nSPS) is 28.8. The number of piperazine rings is 1. The Morgan fingerprint density at radius 3 is 2.31 bits per heavy atom. The predicted octanol–water partition coefficient (Wildman–Crippen LogP) is 0.291. The minimum absolute atomic E-state index is 0.0279. The Kier molecular flexibility index (Phi) is 3.22. The average Bonchev–Trinajstić information content (AvgIpc) is 2.61. The molecule has 1 unspecified atom stereocenters. The molecule has 2 fully saturated rings. The van der Waals surface area contributed by atoms with Gasteiger partial charge in [0, 0.05) is 38.3 Å². The fourth-order valence-electron chi connectivity index (χ4n) is 2.66. The molecule has 1 atom stereocenters. The molecule has 1 amide bonds. The van der Waals surface area contributed by atoms with Crippen molar-refractivity contribution >= 4 is 5.91 Å². The Hall–Kier alpha value is -0.610. The molecule has 92 valence electrons. The summed E-state index contributed by atoms with van der Waals surface area (Å²) in [7, 11) is 0. The van der Waals surface area contributed by atoms with Crippen molar-refractivity contribution in [3.05, 3.63) is 0 Å². The van der Waals surface area contributed by atoms with E-state index in [2.05, 4.69) is 31.0 Å². The molecule has 0 spiro atoms. The van der Waals surface area contributed by atoms with Crippen LogP contribution in [0.25, 0.3) is 0 Å². The Labute approximate surface area is 98.0 Å². The molecule has 4 nitrogen and oxygen atoms in total. The third-order valence-electron chi connectivity index (χ3n) is 3.58. The monoisotopic (exact) mass is 225 g/mol. The molecule has 0 aromatic rings. The number of rotatable bonds is 1. The van der Waals surface area contributed by atoms with Gasteiger partial charge >= 0.3 is 0 Å². The Bertz CT molecular complexity index is 266. The van der Waals surface area contributed by atoms with Gasteiger partial charge < -0.3 is 10.2 Å². The van der Waals surface area contributed by atoms with Crippen LogP contribution in [-0.2, 0) is 4.79 Å². The highest BCUT2D eigenvalue weighted by atomic mass is 16.2. The van der Waals surface area contributed by atoms with Crippen LogP contribution in [0.5, 0.6) is 0 Å². The lowest BCUT2D eigenvalue weighted by Gasteiger charge is -2.35. The molecule has 0 aromatic carbocycles. The number of amides is 1. The number of hydrogen-bond acceptors (Lipinski definition) is 3. The van der Waals surface area contributed by atoms with Crippen molar-refractivity contribution < 1.29 is 4.79 Å². The second kappa shape index (κ2) is 4.34. The largest absolute Gasteiger partial charge is 0.336 e. The van der Waals surface area contributed by atoms with Gasteiger partial charge in [0.1, 0.15) is 0 Å². The van der Waals surface area contributed by atoms with Crippen LogP contribution >= 0.6 is 0 Å². The van der Waals surface area contributed by atoms with E-state index in [1.165, 1.54) is 0 Å².